The van der Waals surface area contributed by atoms with Crippen LogP contribution in [-0.4, -0.2) is 25.1 Å². The quantitative estimate of drug-likeness (QED) is 0.498. The molecule has 2 heterocycles. The molecule has 7 heteroatoms. The van der Waals surface area contributed by atoms with Gasteiger partial charge in [0.25, 0.3) is 5.56 Å². The zero-order chi connectivity index (χ0) is 22.0. The number of aromatic amines is 1. The molecule has 0 amide bonds. The van der Waals surface area contributed by atoms with Crippen molar-refractivity contribution in [2.24, 2.45) is 4.99 Å². The zero-order valence-electron chi connectivity index (χ0n) is 17.4. The number of nitrogens with zero attached hydrogens (tertiary/aromatic N) is 2. The minimum Gasteiger partial charge on any atom is -0.497 e. The Labute approximate surface area is 179 Å². The summed E-state index contributed by atoms with van der Waals surface area (Å²) in [6.45, 7) is 4.23. The van der Waals surface area contributed by atoms with Crippen molar-refractivity contribution in [2.45, 2.75) is 19.8 Å². The number of nitriles is 1. The van der Waals surface area contributed by atoms with Crippen LogP contribution >= 0.6 is 0 Å². The van der Waals surface area contributed by atoms with Crippen LogP contribution in [0, 0.1) is 18.3 Å². The molecular formula is C24H21N3O4. The number of ether oxygens (including phenoxy) is 3. The van der Waals surface area contributed by atoms with Crippen LogP contribution in [0.3, 0.4) is 0 Å². The number of allylic oxidation sites excluding steroid dienone is 1. The number of aromatic nitrogens is 1. The molecule has 0 saturated heterocycles. The molecule has 0 saturated carbocycles. The Bertz CT molecular complexity index is 1300. The van der Waals surface area contributed by atoms with E-state index in [4.69, 9.17) is 14.2 Å². The van der Waals surface area contributed by atoms with Crippen molar-refractivity contribution in [2.75, 3.05) is 13.7 Å². The average molecular weight is 415 g/mol. The molecule has 1 N–H and O–H groups in total. The number of hydrogen-bond acceptors (Lipinski definition) is 6. The minimum absolute atomic E-state index is 0.109. The third-order valence-electron chi connectivity index (χ3n) is 5.14. The number of methoxy groups -OCH3 is 1. The molecule has 1 aliphatic rings. The van der Waals surface area contributed by atoms with Crippen molar-refractivity contribution in [3.05, 3.63) is 81.0 Å². The van der Waals surface area contributed by atoms with E-state index in [1.165, 1.54) is 6.40 Å². The maximum Gasteiger partial charge on any atom is 0.256 e. The summed E-state index contributed by atoms with van der Waals surface area (Å²) in [5, 5.41) is 10.7. The van der Waals surface area contributed by atoms with Crippen LogP contribution in [0.4, 0.5) is 0 Å². The number of aryl methyl sites for hydroxylation is 1. The van der Waals surface area contributed by atoms with Crippen LogP contribution in [-0.2, 0) is 4.74 Å². The number of pyridine rings is 1. The van der Waals surface area contributed by atoms with Crippen LogP contribution in [0.2, 0.25) is 0 Å². The third kappa shape index (κ3) is 3.64. The summed E-state index contributed by atoms with van der Waals surface area (Å²) in [7, 11) is 1.58. The molecule has 0 bridgehead atoms. The molecule has 0 aliphatic carbocycles. The first-order chi connectivity index (χ1) is 15.1. The van der Waals surface area contributed by atoms with E-state index < -0.39 is 5.92 Å². The summed E-state index contributed by atoms with van der Waals surface area (Å²) in [5.41, 5.74) is 2.70. The molecule has 0 fully saturated rings. The summed E-state index contributed by atoms with van der Waals surface area (Å²) in [6.07, 6.45) is 1.25. The van der Waals surface area contributed by atoms with Gasteiger partial charge in [-0.05, 0) is 43.7 Å². The van der Waals surface area contributed by atoms with Crippen molar-refractivity contribution >= 4 is 17.3 Å². The number of benzene rings is 2. The van der Waals surface area contributed by atoms with Gasteiger partial charge in [0.2, 0.25) is 5.88 Å². The van der Waals surface area contributed by atoms with E-state index in [1.54, 1.807) is 19.2 Å². The Hall–Kier alpha value is -4.05. The standard InChI is InChI=1S/C24H21N3O4/c1-4-30-13-26-24-18(12-25)20(15-6-8-16(29-3)9-7-15)21-22(31-24)17-11-14(2)5-10-19(17)27-23(21)28/h5-11,13,20H,4H2,1-3H3,(H,27,28)/b26-13+. The second kappa shape index (κ2) is 8.36. The van der Waals surface area contributed by atoms with E-state index in [0.29, 0.717) is 29.2 Å². The van der Waals surface area contributed by atoms with E-state index in [9.17, 15) is 10.1 Å². The number of aliphatic imine (C=N–C) groups is 1. The highest BCUT2D eigenvalue weighted by molar-refractivity contribution is 5.88. The molecule has 1 atom stereocenters. The van der Waals surface area contributed by atoms with Crippen LogP contribution in [0.15, 0.2) is 63.7 Å². The van der Waals surface area contributed by atoms with Gasteiger partial charge in [-0.25, -0.2) is 0 Å². The fourth-order valence-electron chi connectivity index (χ4n) is 3.68. The Morgan fingerprint density at radius 3 is 2.71 bits per heavy atom. The average Bonchev–Trinajstić information content (AvgIpc) is 2.79. The minimum atomic E-state index is -0.651. The number of fused-ring (bicyclic) bond motifs is 3. The summed E-state index contributed by atoms with van der Waals surface area (Å²) < 4.78 is 16.5. The Morgan fingerprint density at radius 1 is 1.26 bits per heavy atom. The Kier molecular flexibility index (Phi) is 5.46. The molecule has 7 nitrogen and oxygen atoms in total. The summed E-state index contributed by atoms with van der Waals surface area (Å²) in [4.78, 5) is 20.3. The lowest BCUT2D eigenvalue weighted by atomic mass is 9.83. The highest BCUT2D eigenvalue weighted by Crippen LogP contribution is 2.44. The second-order valence-electron chi connectivity index (χ2n) is 7.07. The van der Waals surface area contributed by atoms with Gasteiger partial charge in [0.05, 0.1) is 30.7 Å². The molecule has 3 aromatic rings. The van der Waals surface area contributed by atoms with Gasteiger partial charge in [0.15, 0.2) is 6.40 Å². The first kappa shape index (κ1) is 20.2. The predicted octanol–water partition coefficient (Wildman–Crippen LogP) is 4.17. The smallest absolute Gasteiger partial charge is 0.256 e. The van der Waals surface area contributed by atoms with E-state index >= 15 is 0 Å². The van der Waals surface area contributed by atoms with Crippen molar-refractivity contribution in [1.82, 2.24) is 4.98 Å². The number of nitrogens with one attached hydrogen (secondary N) is 1. The van der Waals surface area contributed by atoms with Gasteiger partial charge in [-0.1, -0.05) is 23.8 Å². The normalized spacial score (nSPS) is 15.5. The molecule has 1 aliphatic heterocycles. The number of H-pyrrole nitrogens is 1. The van der Waals surface area contributed by atoms with Gasteiger partial charge in [-0.2, -0.15) is 10.3 Å². The van der Waals surface area contributed by atoms with E-state index in [0.717, 1.165) is 16.5 Å². The van der Waals surface area contributed by atoms with Gasteiger partial charge >= 0.3 is 0 Å². The molecule has 0 radical (unpaired) electrons. The second-order valence-corrected chi connectivity index (χ2v) is 7.07. The molecule has 1 aromatic heterocycles. The fourth-order valence-corrected chi connectivity index (χ4v) is 3.68. The van der Waals surface area contributed by atoms with Gasteiger partial charge in [0, 0.05) is 5.39 Å². The van der Waals surface area contributed by atoms with Crippen molar-refractivity contribution in [3.8, 4) is 17.6 Å². The molecule has 0 spiro atoms. The van der Waals surface area contributed by atoms with Gasteiger partial charge in [-0.3, -0.25) is 4.79 Å². The van der Waals surface area contributed by atoms with Crippen molar-refractivity contribution < 1.29 is 14.2 Å². The van der Waals surface area contributed by atoms with E-state index in [1.807, 2.05) is 44.2 Å². The van der Waals surface area contributed by atoms with Crippen molar-refractivity contribution in [3.63, 3.8) is 0 Å². The van der Waals surface area contributed by atoms with Crippen LogP contribution < -0.4 is 15.0 Å². The summed E-state index contributed by atoms with van der Waals surface area (Å²) in [5.74, 6) is 0.529. The first-order valence-corrected chi connectivity index (χ1v) is 9.84. The Balaban J connectivity index is 2.02. The lowest BCUT2D eigenvalue weighted by Gasteiger charge is -2.26. The SMILES string of the molecule is CCO/C=N/C1=C(C#N)C(c2ccc(OC)cc2)c2c(c3cc(C)ccc3[nH]c2=O)O1. The lowest BCUT2D eigenvalue weighted by molar-refractivity contribution is 0.336. The van der Waals surface area contributed by atoms with Gasteiger partial charge in [0.1, 0.15) is 23.1 Å². The maximum atomic E-state index is 13.1. The zero-order valence-corrected chi connectivity index (χ0v) is 17.4. The van der Waals surface area contributed by atoms with E-state index in [-0.39, 0.29) is 17.0 Å². The molecule has 2 aromatic carbocycles. The Morgan fingerprint density at radius 2 is 2.03 bits per heavy atom. The number of hydrogen-bond donors (Lipinski definition) is 1. The third-order valence-corrected chi connectivity index (χ3v) is 5.14. The van der Waals surface area contributed by atoms with E-state index in [2.05, 4.69) is 16.0 Å². The van der Waals surface area contributed by atoms with Crippen LogP contribution in [0.1, 0.15) is 29.5 Å². The summed E-state index contributed by atoms with van der Waals surface area (Å²) in [6, 6.07) is 15.1. The number of rotatable bonds is 5. The molecule has 1 unspecified atom stereocenters. The van der Waals surface area contributed by atoms with Crippen LogP contribution in [0.5, 0.6) is 11.5 Å². The largest absolute Gasteiger partial charge is 0.497 e. The maximum absolute atomic E-state index is 13.1. The molecule has 4 rings (SSSR count). The summed E-state index contributed by atoms with van der Waals surface area (Å²) >= 11 is 0. The topological polar surface area (TPSA) is 96.7 Å². The molecule has 156 valence electrons. The fraction of sp³-hybridized carbons (Fsp3) is 0.208. The lowest BCUT2D eigenvalue weighted by Crippen LogP contribution is -2.25. The van der Waals surface area contributed by atoms with Crippen LogP contribution in [0.25, 0.3) is 10.9 Å². The predicted molar refractivity (Wildman–Crippen MR) is 118 cm³/mol. The highest BCUT2D eigenvalue weighted by Gasteiger charge is 2.35. The highest BCUT2D eigenvalue weighted by atomic mass is 16.5. The molecule has 31 heavy (non-hydrogen) atoms. The van der Waals surface area contributed by atoms with Gasteiger partial charge in [-0.15, -0.1) is 0 Å². The first-order valence-electron chi connectivity index (χ1n) is 9.84. The monoisotopic (exact) mass is 415 g/mol. The van der Waals surface area contributed by atoms with Gasteiger partial charge < -0.3 is 19.2 Å². The van der Waals surface area contributed by atoms with Crippen molar-refractivity contribution in [1.29, 1.82) is 5.26 Å². The molecular weight excluding hydrogens is 394 g/mol.